The minimum Gasteiger partial charge on any atom is -0.497 e. The molecule has 1 aromatic carbocycles. The highest BCUT2D eigenvalue weighted by molar-refractivity contribution is 7.99. The molecule has 120 valence electrons. The number of hydrogen-bond acceptors (Lipinski definition) is 8. The molecule has 1 atom stereocenters. The van der Waals surface area contributed by atoms with Gasteiger partial charge in [-0.25, -0.2) is 0 Å². The lowest BCUT2D eigenvalue weighted by molar-refractivity contribution is 0.375. The van der Waals surface area contributed by atoms with Crippen LogP contribution in [0, 0.1) is 0 Å². The predicted molar refractivity (Wildman–Crippen MR) is 83.7 cm³/mol. The number of aromatic nitrogens is 6. The van der Waals surface area contributed by atoms with E-state index >= 15 is 0 Å². The maximum absolute atomic E-state index is 5.27. The van der Waals surface area contributed by atoms with Crippen molar-refractivity contribution in [3.63, 3.8) is 0 Å². The zero-order chi connectivity index (χ0) is 16.2. The molecule has 3 aromatic rings. The Kier molecular flexibility index (Phi) is 4.56. The molecule has 8 nitrogen and oxygen atoms in total. The second-order valence-electron chi connectivity index (χ2n) is 4.73. The molecule has 2 heterocycles. The Balaban J connectivity index is 1.79. The molecule has 9 heteroatoms. The van der Waals surface area contributed by atoms with Gasteiger partial charge in [-0.15, -0.1) is 5.10 Å². The Morgan fingerprint density at radius 2 is 2.09 bits per heavy atom. The van der Waals surface area contributed by atoms with Crippen LogP contribution in [0.5, 0.6) is 5.75 Å². The van der Waals surface area contributed by atoms with Gasteiger partial charge in [0.2, 0.25) is 11.0 Å². The minimum absolute atomic E-state index is 0.0502. The van der Waals surface area contributed by atoms with Crippen molar-refractivity contribution in [2.75, 3.05) is 7.11 Å². The first kappa shape index (κ1) is 15.5. The van der Waals surface area contributed by atoms with Crippen LogP contribution in [0.4, 0.5) is 0 Å². The molecule has 3 rings (SSSR count). The van der Waals surface area contributed by atoms with E-state index in [0.29, 0.717) is 16.9 Å². The Morgan fingerprint density at radius 3 is 2.74 bits per heavy atom. The molecule has 0 aliphatic rings. The summed E-state index contributed by atoms with van der Waals surface area (Å²) in [5, 5.41) is 16.4. The zero-order valence-corrected chi connectivity index (χ0v) is 13.8. The van der Waals surface area contributed by atoms with E-state index in [4.69, 9.17) is 9.26 Å². The third-order valence-electron chi connectivity index (χ3n) is 3.19. The number of hydrogen-bond donors (Lipinski definition) is 0. The summed E-state index contributed by atoms with van der Waals surface area (Å²) in [7, 11) is 1.63. The second-order valence-corrected chi connectivity index (χ2v) is 6.04. The smallest absolute Gasteiger partial charge is 0.239 e. The van der Waals surface area contributed by atoms with Gasteiger partial charge in [0, 0.05) is 6.42 Å². The summed E-state index contributed by atoms with van der Waals surface area (Å²) in [6, 6.07) is 7.51. The maximum atomic E-state index is 5.27. The van der Waals surface area contributed by atoms with E-state index in [1.165, 1.54) is 11.8 Å². The van der Waals surface area contributed by atoms with E-state index in [0.717, 1.165) is 17.9 Å². The summed E-state index contributed by atoms with van der Waals surface area (Å²) >= 11 is 1.46. The fourth-order valence-corrected chi connectivity index (χ4v) is 2.76. The van der Waals surface area contributed by atoms with Crippen molar-refractivity contribution >= 4 is 11.8 Å². The van der Waals surface area contributed by atoms with Gasteiger partial charge in [0.25, 0.3) is 0 Å². The van der Waals surface area contributed by atoms with Crippen LogP contribution in [0.1, 0.15) is 30.8 Å². The number of nitrogens with zero attached hydrogens (tertiary/aromatic N) is 6. The lowest BCUT2D eigenvalue weighted by Gasteiger charge is -2.07. The Bertz CT molecular complexity index is 770. The monoisotopic (exact) mass is 332 g/mol. The van der Waals surface area contributed by atoms with Crippen LogP contribution in [0.2, 0.25) is 0 Å². The topological polar surface area (TPSA) is 91.8 Å². The fourth-order valence-electron chi connectivity index (χ4n) is 1.92. The molecular weight excluding hydrogens is 316 g/mol. The van der Waals surface area contributed by atoms with Gasteiger partial charge >= 0.3 is 0 Å². The SMILES string of the molecule is CCc1noc(C(C)Sc2nnnn2-c2ccc(OC)cc2)n1. The molecule has 0 radical (unpaired) electrons. The van der Waals surface area contributed by atoms with E-state index < -0.39 is 0 Å². The van der Waals surface area contributed by atoms with Crippen LogP contribution in [0.25, 0.3) is 5.69 Å². The number of rotatable bonds is 6. The molecule has 0 saturated heterocycles. The van der Waals surface area contributed by atoms with Crippen LogP contribution in [0.15, 0.2) is 33.9 Å². The fraction of sp³-hybridized carbons (Fsp3) is 0.357. The summed E-state index contributed by atoms with van der Waals surface area (Å²) in [4.78, 5) is 4.34. The summed E-state index contributed by atoms with van der Waals surface area (Å²) in [6.45, 7) is 3.96. The van der Waals surface area contributed by atoms with Crippen molar-refractivity contribution in [3.05, 3.63) is 36.0 Å². The molecule has 0 aliphatic carbocycles. The van der Waals surface area contributed by atoms with Gasteiger partial charge in [0.05, 0.1) is 18.0 Å². The van der Waals surface area contributed by atoms with E-state index in [2.05, 4.69) is 25.7 Å². The highest BCUT2D eigenvalue weighted by Gasteiger charge is 2.19. The quantitative estimate of drug-likeness (QED) is 0.636. The normalized spacial score (nSPS) is 12.3. The number of methoxy groups -OCH3 is 1. The number of ether oxygens (including phenoxy) is 1. The summed E-state index contributed by atoms with van der Waals surface area (Å²) < 4.78 is 12.1. The van der Waals surface area contributed by atoms with E-state index in [1.54, 1.807) is 11.8 Å². The van der Waals surface area contributed by atoms with E-state index in [9.17, 15) is 0 Å². The maximum Gasteiger partial charge on any atom is 0.239 e. The van der Waals surface area contributed by atoms with E-state index in [-0.39, 0.29) is 5.25 Å². The Morgan fingerprint density at radius 1 is 1.30 bits per heavy atom. The van der Waals surface area contributed by atoms with Crippen molar-refractivity contribution in [3.8, 4) is 11.4 Å². The molecule has 1 unspecified atom stereocenters. The molecule has 0 spiro atoms. The number of thioether (sulfide) groups is 1. The first-order valence-electron chi connectivity index (χ1n) is 7.13. The molecule has 0 fully saturated rings. The van der Waals surface area contributed by atoms with Crippen molar-refractivity contribution in [1.29, 1.82) is 0 Å². The summed E-state index contributed by atoms with van der Waals surface area (Å²) in [5.41, 5.74) is 0.852. The highest BCUT2D eigenvalue weighted by Crippen LogP contribution is 2.33. The molecule has 0 bridgehead atoms. The van der Waals surface area contributed by atoms with Gasteiger partial charge in [-0.3, -0.25) is 0 Å². The standard InChI is InChI=1S/C14H16N6O2S/c1-4-12-15-13(22-17-12)9(2)23-14-16-18-19-20(14)10-5-7-11(21-3)8-6-10/h5-9H,4H2,1-3H3. The average Bonchev–Trinajstić information content (AvgIpc) is 3.24. The third kappa shape index (κ3) is 3.34. The largest absolute Gasteiger partial charge is 0.497 e. The zero-order valence-electron chi connectivity index (χ0n) is 13.0. The van der Waals surface area contributed by atoms with Crippen molar-refractivity contribution in [2.45, 2.75) is 30.7 Å². The van der Waals surface area contributed by atoms with Crippen molar-refractivity contribution < 1.29 is 9.26 Å². The lowest BCUT2D eigenvalue weighted by Crippen LogP contribution is -2.00. The van der Waals surface area contributed by atoms with Gasteiger partial charge in [0.1, 0.15) is 5.75 Å². The Labute approximate surface area is 137 Å². The van der Waals surface area contributed by atoms with Crippen LogP contribution in [-0.2, 0) is 6.42 Å². The van der Waals surface area contributed by atoms with Gasteiger partial charge in [-0.05, 0) is 41.6 Å². The van der Waals surface area contributed by atoms with Crippen molar-refractivity contribution in [1.82, 2.24) is 30.3 Å². The predicted octanol–water partition coefficient (Wildman–Crippen LogP) is 2.47. The summed E-state index contributed by atoms with van der Waals surface area (Å²) in [5.74, 6) is 2.04. The van der Waals surface area contributed by atoms with Gasteiger partial charge in [-0.2, -0.15) is 9.67 Å². The first-order chi connectivity index (χ1) is 11.2. The average molecular weight is 332 g/mol. The lowest BCUT2D eigenvalue weighted by atomic mass is 10.3. The first-order valence-corrected chi connectivity index (χ1v) is 8.01. The van der Waals surface area contributed by atoms with E-state index in [1.807, 2.05) is 38.1 Å². The van der Waals surface area contributed by atoms with Gasteiger partial charge < -0.3 is 9.26 Å². The van der Waals surface area contributed by atoms with Crippen molar-refractivity contribution in [2.24, 2.45) is 0 Å². The summed E-state index contributed by atoms with van der Waals surface area (Å²) in [6.07, 6.45) is 0.741. The minimum atomic E-state index is -0.0502. The molecule has 0 amide bonds. The molecule has 2 aromatic heterocycles. The van der Waals surface area contributed by atoms with Gasteiger partial charge in [0.15, 0.2) is 5.82 Å². The third-order valence-corrected chi connectivity index (χ3v) is 4.21. The molecule has 23 heavy (non-hydrogen) atoms. The highest BCUT2D eigenvalue weighted by atomic mass is 32.2. The van der Waals surface area contributed by atoms with Gasteiger partial charge in [-0.1, -0.05) is 23.8 Å². The second kappa shape index (κ2) is 6.78. The number of aryl methyl sites for hydroxylation is 1. The molecular formula is C14H16N6O2S. The van der Waals surface area contributed by atoms with Crippen LogP contribution in [-0.4, -0.2) is 37.5 Å². The molecule has 0 saturated carbocycles. The van der Waals surface area contributed by atoms with Crippen LogP contribution in [0.3, 0.4) is 0 Å². The van der Waals surface area contributed by atoms with Crippen LogP contribution >= 0.6 is 11.8 Å². The molecule has 0 N–H and O–H groups in total. The van der Waals surface area contributed by atoms with Crippen LogP contribution < -0.4 is 4.74 Å². The molecule has 0 aliphatic heterocycles. The number of benzene rings is 1. The number of tetrazole rings is 1. The Hall–Kier alpha value is -2.42.